The summed E-state index contributed by atoms with van der Waals surface area (Å²) in [7, 11) is 1.66. The minimum absolute atomic E-state index is 0.819. The van der Waals surface area contributed by atoms with Gasteiger partial charge in [0, 0.05) is 12.1 Å². The molecule has 0 radical (unpaired) electrons. The van der Waals surface area contributed by atoms with Gasteiger partial charge in [-0.2, -0.15) is 8.75 Å². The molecule has 1 aromatic carbocycles. The maximum Gasteiger partial charge on any atom is 0.168 e. The Morgan fingerprint density at radius 3 is 2.88 bits per heavy atom. The first-order valence-corrected chi connectivity index (χ1v) is 6.29. The minimum Gasteiger partial charge on any atom is -0.496 e. The van der Waals surface area contributed by atoms with Crippen molar-refractivity contribution in [3.05, 3.63) is 24.3 Å². The molecule has 2 aromatic rings. The van der Waals surface area contributed by atoms with Gasteiger partial charge in [-0.25, -0.2) is 0 Å². The van der Waals surface area contributed by atoms with Crippen LogP contribution in [0.3, 0.4) is 0 Å². The standard InChI is InChI=1S/C12H15N3OS/c1-3-8-13-12-11(14-17-15-12)9-6-4-5-7-10(9)16-2/h4-7H,3,8H2,1-2H3,(H,13,15). The van der Waals surface area contributed by atoms with E-state index in [0.717, 1.165) is 35.8 Å². The first-order valence-electron chi connectivity index (χ1n) is 5.56. The van der Waals surface area contributed by atoms with E-state index in [1.165, 1.54) is 11.7 Å². The third-order valence-electron chi connectivity index (χ3n) is 2.39. The summed E-state index contributed by atoms with van der Waals surface area (Å²) in [6.45, 7) is 3.02. The van der Waals surface area contributed by atoms with Crippen LogP contribution in [0.4, 0.5) is 5.82 Å². The van der Waals surface area contributed by atoms with Crippen LogP contribution in [0.2, 0.25) is 0 Å². The summed E-state index contributed by atoms with van der Waals surface area (Å²) in [5, 5.41) is 3.27. The second kappa shape index (κ2) is 5.63. The van der Waals surface area contributed by atoms with E-state index in [-0.39, 0.29) is 0 Å². The van der Waals surface area contributed by atoms with Crippen LogP contribution in [0.15, 0.2) is 24.3 Å². The van der Waals surface area contributed by atoms with Crippen molar-refractivity contribution in [3.8, 4) is 17.0 Å². The molecule has 0 amide bonds. The molecule has 0 unspecified atom stereocenters. The van der Waals surface area contributed by atoms with Crippen LogP contribution < -0.4 is 10.1 Å². The van der Waals surface area contributed by atoms with Gasteiger partial charge >= 0.3 is 0 Å². The number of ether oxygens (including phenoxy) is 1. The predicted molar refractivity (Wildman–Crippen MR) is 70.7 cm³/mol. The van der Waals surface area contributed by atoms with Crippen LogP contribution in [-0.2, 0) is 0 Å². The van der Waals surface area contributed by atoms with Gasteiger partial charge in [-0.05, 0) is 18.6 Å². The molecule has 1 heterocycles. The fourth-order valence-electron chi connectivity index (χ4n) is 1.56. The van der Waals surface area contributed by atoms with Gasteiger partial charge in [-0.15, -0.1) is 0 Å². The van der Waals surface area contributed by atoms with E-state index in [9.17, 15) is 0 Å². The van der Waals surface area contributed by atoms with E-state index in [1.54, 1.807) is 7.11 Å². The maximum absolute atomic E-state index is 5.34. The van der Waals surface area contributed by atoms with Crippen molar-refractivity contribution in [2.24, 2.45) is 0 Å². The Hall–Kier alpha value is -1.62. The zero-order valence-corrected chi connectivity index (χ0v) is 10.8. The van der Waals surface area contributed by atoms with E-state index in [1.807, 2.05) is 24.3 Å². The molecular formula is C12H15N3OS. The highest BCUT2D eigenvalue weighted by atomic mass is 32.1. The first kappa shape index (κ1) is 11.9. The number of aromatic nitrogens is 2. The molecule has 0 saturated heterocycles. The second-order valence-electron chi connectivity index (χ2n) is 3.59. The number of hydrogen-bond donors (Lipinski definition) is 1. The molecule has 0 atom stereocenters. The summed E-state index contributed by atoms with van der Waals surface area (Å²) in [4.78, 5) is 0. The quantitative estimate of drug-likeness (QED) is 0.884. The molecule has 2 rings (SSSR count). The Labute approximate surface area is 105 Å². The number of rotatable bonds is 5. The molecule has 0 fully saturated rings. The fraction of sp³-hybridized carbons (Fsp3) is 0.333. The van der Waals surface area contributed by atoms with Gasteiger partial charge in [0.1, 0.15) is 11.4 Å². The lowest BCUT2D eigenvalue weighted by atomic mass is 10.1. The average molecular weight is 249 g/mol. The van der Waals surface area contributed by atoms with E-state index < -0.39 is 0 Å². The molecule has 90 valence electrons. The van der Waals surface area contributed by atoms with Crippen molar-refractivity contribution >= 4 is 17.5 Å². The van der Waals surface area contributed by atoms with Crippen LogP contribution in [0, 0.1) is 0 Å². The number of methoxy groups -OCH3 is 1. The van der Waals surface area contributed by atoms with Crippen LogP contribution in [0.5, 0.6) is 5.75 Å². The highest BCUT2D eigenvalue weighted by molar-refractivity contribution is 6.99. The van der Waals surface area contributed by atoms with Crippen molar-refractivity contribution in [2.75, 3.05) is 19.0 Å². The highest BCUT2D eigenvalue weighted by Crippen LogP contribution is 2.33. The molecule has 4 nitrogen and oxygen atoms in total. The van der Waals surface area contributed by atoms with Gasteiger partial charge in [0.25, 0.3) is 0 Å². The molecule has 1 N–H and O–H groups in total. The van der Waals surface area contributed by atoms with Gasteiger partial charge in [-0.3, -0.25) is 0 Å². The van der Waals surface area contributed by atoms with Gasteiger partial charge in [0.15, 0.2) is 5.82 Å². The number of anilines is 1. The Morgan fingerprint density at radius 2 is 2.12 bits per heavy atom. The Bertz CT molecular complexity index is 484. The molecular weight excluding hydrogens is 234 g/mol. The Morgan fingerprint density at radius 1 is 1.29 bits per heavy atom. The van der Waals surface area contributed by atoms with E-state index in [0.29, 0.717) is 0 Å². The van der Waals surface area contributed by atoms with Crippen molar-refractivity contribution in [1.29, 1.82) is 0 Å². The molecule has 0 bridgehead atoms. The van der Waals surface area contributed by atoms with Gasteiger partial charge in [0.2, 0.25) is 0 Å². The lowest BCUT2D eigenvalue weighted by molar-refractivity contribution is 0.416. The smallest absolute Gasteiger partial charge is 0.168 e. The summed E-state index contributed by atoms with van der Waals surface area (Å²) in [5.41, 5.74) is 1.84. The lowest BCUT2D eigenvalue weighted by Crippen LogP contribution is -2.01. The van der Waals surface area contributed by atoms with Crippen LogP contribution in [-0.4, -0.2) is 22.4 Å². The molecule has 0 aliphatic carbocycles. The van der Waals surface area contributed by atoms with E-state index in [4.69, 9.17) is 4.74 Å². The van der Waals surface area contributed by atoms with Crippen molar-refractivity contribution in [3.63, 3.8) is 0 Å². The molecule has 5 heteroatoms. The zero-order chi connectivity index (χ0) is 12.1. The lowest BCUT2D eigenvalue weighted by Gasteiger charge is -2.07. The number of hydrogen-bond acceptors (Lipinski definition) is 5. The number of nitrogens with zero attached hydrogens (tertiary/aromatic N) is 2. The molecule has 0 saturated carbocycles. The third-order valence-corrected chi connectivity index (χ3v) is 2.92. The van der Waals surface area contributed by atoms with E-state index in [2.05, 4.69) is 21.0 Å². The van der Waals surface area contributed by atoms with Crippen LogP contribution >= 0.6 is 11.7 Å². The van der Waals surface area contributed by atoms with Crippen LogP contribution in [0.25, 0.3) is 11.3 Å². The minimum atomic E-state index is 0.819. The number of para-hydroxylation sites is 1. The zero-order valence-electron chi connectivity index (χ0n) is 9.93. The fourth-order valence-corrected chi connectivity index (χ4v) is 2.10. The Balaban J connectivity index is 2.35. The first-order chi connectivity index (χ1) is 8.36. The average Bonchev–Trinajstić information content (AvgIpc) is 2.84. The predicted octanol–water partition coefficient (Wildman–Crippen LogP) is 3.04. The van der Waals surface area contributed by atoms with Gasteiger partial charge in [-0.1, -0.05) is 19.1 Å². The second-order valence-corrected chi connectivity index (χ2v) is 4.12. The highest BCUT2D eigenvalue weighted by Gasteiger charge is 2.13. The molecule has 17 heavy (non-hydrogen) atoms. The molecule has 0 aliphatic heterocycles. The van der Waals surface area contributed by atoms with Crippen molar-refractivity contribution < 1.29 is 4.74 Å². The summed E-state index contributed by atoms with van der Waals surface area (Å²) in [6.07, 6.45) is 1.06. The molecule has 0 aliphatic rings. The topological polar surface area (TPSA) is 47.0 Å². The normalized spacial score (nSPS) is 10.2. The van der Waals surface area contributed by atoms with Gasteiger partial charge < -0.3 is 10.1 Å². The molecule has 0 spiro atoms. The van der Waals surface area contributed by atoms with Gasteiger partial charge in [0.05, 0.1) is 18.8 Å². The van der Waals surface area contributed by atoms with E-state index >= 15 is 0 Å². The summed E-state index contributed by atoms with van der Waals surface area (Å²) < 4.78 is 13.9. The third kappa shape index (κ3) is 2.55. The monoisotopic (exact) mass is 249 g/mol. The maximum atomic E-state index is 5.34. The van der Waals surface area contributed by atoms with Crippen molar-refractivity contribution in [1.82, 2.24) is 8.75 Å². The van der Waals surface area contributed by atoms with Crippen LogP contribution in [0.1, 0.15) is 13.3 Å². The van der Waals surface area contributed by atoms with Crippen molar-refractivity contribution in [2.45, 2.75) is 13.3 Å². The summed E-state index contributed by atoms with van der Waals surface area (Å²) in [6, 6.07) is 7.84. The summed E-state index contributed by atoms with van der Waals surface area (Å²) in [5.74, 6) is 1.65. The molecule has 1 aromatic heterocycles. The number of nitrogens with one attached hydrogen (secondary N) is 1. The number of benzene rings is 1. The summed E-state index contributed by atoms with van der Waals surface area (Å²) >= 11 is 1.21. The Kier molecular flexibility index (Phi) is 3.93. The SMILES string of the molecule is CCCNc1nsnc1-c1ccccc1OC. The largest absolute Gasteiger partial charge is 0.496 e.